The maximum Gasteiger partial charge on any atom is 0.267 e. The molecule has 1 amide bonds. The van der Waals surface area contributed by atoms with Gasteiger partial charge in [0.2, 0.25) is 0 Å². The van der Waals surface area contributed by atoms with Crippen LogP contribution < -0.4 is 10.1 Å². The van der Waals surface area contributed by atoms with Gasteiger partial charge >= 0.3 is 0 Å². The van der Waals surface area contributed by atoms with E-state index in [4.69, 9.17) is 16.3 Å². The molecule has 0 aliphatic heterocycles. The number of para-hydroxylation sites is 1. The van der Waals surface area contributed by atoms with Crippen molar-refractivity contribution in [2.24, 2.45) is 0 Å². The third kappa shape index (κ3) is 3.88. The van der Waals surface area contributed by atoms with E-state index in [0.29, 0.717) is 30.3 Å². The fraction of sp³-hybridized carbons (Fsp3) is 0.143. The van der Waals surface area contributed by atoms with E-state index in [-0.39, 0.29) is 5.91 Å². The number of benzene rings is 2. The summed E-state index contributed by atoms with van der Waals surface area (Å²) >= 11 is 5.98. The first-order valence-corrected chi connectivity index (χ1v) is 9.11. The van der Waals surface area contributed by atoms with Crippen LogP contribution in [-0.4, -0.2) is 29.0 Å². The topological polar surface area (TPSA) is 67.0 Å². The predicted molar refractivity (Wildman–Crippen MR) is 107 cm³/mol. The summed E-state index contributed by atoms with van der Waals surface area (Å²) in [5.41, 5.74) is 2.25. The van der Waals surface area contributed by atoms with Crippen LogP contribution in [0.15, 0.2) is 60.8 Å². The van der Waals surface area contributed by atoms with Crippen molar-refractivity contribution in [2.45, 2.75) is 6.42 Å². The van der Waals surface area contributed by atoms with E-state index >= 15 is 0 Å². The van der Waals surface area contributed by atoms with Gasteiger partial charge in [0.15, 0.2) is 0 Å². The highest BCUT2D eigenvalue weighted by atomic mass is 35.5. The molecule has 0 spiro atoms. The Balaban J connectivity index is 1.30. The van der Waals surface area contributed by atoms with Crippen LogP contribution in [-0.2, 0) is 0 Å². The number of halogens is 1. The van der Waals surface area contributed by atoms with E-state index in [1.54, 1.807) is 18.3 Å². The van der Waals surface area contributed by atoms with Gasteiger partial charge in [-0.25, -0.2) is 0 Å². The number of aromatic amines is 1. The Morgan fingerprint density at radius 2 is 2.00 bits per heavy atom. The van der Waals surface area contributed by atoms with Crippen molar-refractivity contribution in [3.8, 4) is 5.75 Å². The molecule has 0 aliphatic carbocycles. The Kier molecular flexibility index (Phi) is 4.94. The average Bonchev–Trinajstić information content (AvgIpc) is 3.11. The van der Waals surface area contributed by atoms with E-state index in [1.165, 1.54) is 0 Å². The Morgan fingerprint density at radius 3 is 2.93 bits per heavy atom. The van der Waals surface area contributed by atoms with Gasteiger partial charge in [0.1, 0.15) is 17.0 Å². The van der Waals surface area contributed by atoms with E-state index in [1.807, 2.05) is 42.5 Å². The second kappa shape index (κ2) is 7.68. The van der Waals surface area contributed by atoms with Crippen molar-refractivity contribution in [2.75, 3.05) is 13.2 Å². The van der Waals surface area contributed by atoms with Gasteiger partial charge in [0, 0.05) is 34.1 Å². The SMILES string of the molecule is O=C(NCCCOc1cccc2cccnc12)c1cc2cc(Cl)ccc2[nH]1. The monoisotopic (exact) mass is 379 g/mol. The number of fused-ring (bicyclic) bond motifs is 2. The van der Waals surface area contributed by atoms with Crippen molar-refractivity contribution >= 4 is 39.3 Å². The van der Waals surface area contributed by atoms with Crippen molar-refractivity contribution in [3.05, 3.63) is 71.5 Å². The number of aromatic nitrogens is 2. The molecule has 0 saturated carbocycles. The first-order chi connectivity index (χ1) is 13.2. The van der Waals surface area contributed by atoms with Gasteiger partial charge in [-0.3, -0.25) is 9.78 Å². The zero-order chi connectivity index (χ0) is 18.6. The number of rotatable bonds is 6. The number of pyridine rings is 1. The molecular formula is C21H18ClN3O2. The largest absolute Gasteiger partial charge is 0.491 e. The van der Waals surface area contributed by atoms with Gasteiger partial charge in [0.25, 0.3) is 5.91 Å². The average molecular weight is 380 g/mol. The lowest BCUT2D eigenvalue weighted by molar-refractivity contribution is 0.0947. The van der Waals surface area contributed by atoms with Crippen molar-refractivity contribution < 1.29 is 9.53 Å². The molecule has 0 radical (unpaired) electrons. The molecule has 27 heavy (non-hydrogen) atoms. The number of amides is 1. The van der Waals surface area contributed by atoms with Gasteiger partial charge in [-0.05, 0) is 42.8 Å². The van der Waals surface area contributed by atoms with Gasteiger partial charge < -0.3 is 15.0 Å². The standard InChI is InChI=1S/C21H18ClN3O2/c22-16-7-8-17-15(12-16)13-18(25-17)21(26)24-10-3-11-27-19-6-1-4-14-5-2-9-23-20(14)19/h1-2,4-9,12-13,25H,3,10-11H2,(H,24,26). The molecule has 4 rings (SSSR count). The third-order valence-corrected chi connectivity index (χ3v) is 4.52. The number of nitrogens with zero attached hydrogens (tertiary/aromatic N) is 1. The zero-order valence-corrected chi connectivity index (χ0v) is 15.3. The second-order valence-corrected chi connectivity index (χ2v) is 6.64. The molecule has 0 saturated heterocycles. The summed E-state index contributed by atoms with van der Waals surface area (Å²) in [6.07, 6.45) is 2.45. The van der Waals surface area contributed by atoms with Crippen molar-refractivity contribution in [1.29, 1.82) is 0 Å². The molecule has 0 unspecified atom stereocenters. The lowest BCUT2D eigenvalue weighted by Crippen LogP contribution is -2.25. The van der Waals surface area contributed by atoms with Gasteiger partial charge in [0.05, 0.1) is 6.61 Å². The number of hydrogen-bond acceptors (Lipinski definition) is 3. The molecule has 2 aromatic heterocycles. The molecule has 4 aromatic rings. The summed E-state index contributed by atoms with van der Waals surface area (Å²) < 4.78 is 5.83. The quantitative estimate of drug-likeness (QED) is 0.482. The Hall–Kier alpha value is -3.05. The van der Waals surface area contributed by atoms with Gasteiger partial charge in [-0.15, -0.1) is 0 Å². The molecule has 0 fully saturated rings. The summed E-state index contributed by atoms with van der Waals surface area (Å²) in [6.45, 7) is 1.02. The van der Waals surface area contributed by atoms with Gasteiger partial charge in [-0.1, -0.05) is 29.8 Å². The highest BCUT2D eigenvalue weighted by Gasteiger charge is 2.09. The summed E-state index contributed by atoms with van der Waals surface area (Å²) in [4.78, 5) is 19.7. The van der Waals surface area contributed by atoms with Gasteiger partial charge in [-0.2, -0.15) is 0 Å². The van der Waals surface area contributed by atoms with Crippen LogP contribution in [0.3, 0.4) is 0 Å². The van der Waals surface area contributed by atoms with Crippen molar-refractivity contribution in [1.82, 2.24) is 15.3 Å². The maximum atomic E-state index is 12.3. The lowest BCUT2D eigenvalue weighted by Gasteiger charge is -2.09. The van der Waals surface area contributed by atoms with Crippen LogP contribution >= 0.6 is 11.6 Å². The minimum absolute atomic E-state index is 0.144. The highest BCUT2D eigenvalue weighted by Crippen LogP contribution is 2.23. The molecule has 5 nitrogen and oxygen atoms in total. The number of carbonyl (C=O) groups is 1. The second-order valence-electron chi connectivity index (χ2n) is 6.20. The molecule has 2 heterocycles. The number of hydrogen-bond donors (Lipinski definition) is 2. The molecule has 0 aliphatic rings. The number of carbonyl (C=O) groups excluding carboxylic acids is 1. The Labute approximate surface area is 161 Å². The Bertz CT molecular complexity index is 1100. The highest BCUT2D eigenvalue weighted by molar-refractivity contribution is 6.31. The van der Waals surface area contributed by atoms with Crippen LogP contribution in [0.5, 0.6) is 5.75 Å². The molecule has 2 aromatic carbocycles. The maximum absolute atomic E-state index is 12.3. The summed E-state index contributed by atoms with van der Waals surface area (Å²) in [7, 11) is 0. The molecule has 136 valence electrons. The molecular weight excluding hydrogens is 362 g/mol. The first-order valence-electron chi connectivity index (χ1n) is 8.74. The summed E-state index contributed by atoms with van der Waals surface area (Å²) in [5.74, 6) is 0.612. The molecule has 2 N–H and O–H groups in total. The van der Waals surface area contributed by atoms with Crippen LogP contribution in [0.1, 0.15) is 16.9 Å². The first kappa shape index (κ1) is 17.4. The predicted octanol–water partition coefficient (Wildman–Crippen LogP) is 4.57. The molecule has 6 heteroatoms. The minimum atomic E-state index is -0.144. The van der Waals surface area contributed by atoms with Crippen LogP contribution in [0.2, 0.25) is 5.02 Å². The zero-order valence-electron chi connectivity index (χ0n) is 14.5. The van der Waals surface area contributed by atoms with E-state index in [2.05, 4.69) is 15.3 Å². The number of nitrogens with one attached hydrogen (secondary N) is 2. The number of H-pyrrole nitrogens is 1. The fourth-order valence-electron chi connectivity index (χ4n) is 2.97. The van der Waals surface area contributed by atoms with E-state index < -0.39 is 0 Å². The van der Waals surface area contributed by atoms with Crippen LogP contribution in [0.4, 0.5) is 0 Å². The minimum Gasteiger partial charge on any atom is -0.491 e. The van der Waals surface area contributed by atoms with Crippen molar-refractivity contribution in [3.63, 3.8) is 0 Å². The normalized spacial score (nSPS) is 11.0. The lowest BCUT2D eigenvalue weighted by atomic mass is 10.2. The molecule has 0 atom stereocenters. The van der Waals surface area contributed by atoms with Crippen LogP contribution in [0.25, 0.3) is 21.8 Å². The Morgan fingerprint density at radius 1 is 1.11 bits per heavy atom. The van der Waals surface area contributed by atoms with E-state index in [0.717, 1.165) is 27.6 Å². The molecule has 0 bridgehead atoms. The number of ether oxygens (including phenoxy) is 1. The van der Waals surface area contributed by atoms with Crippen LogP contribution in [0, 0.1) is 0 Å². The third-order valence-electron chi connectivity index (χ3n) is 4.29. The summed E-state index contributed by atoms with van der Waals surface area (Å²) in [6, 6.07) is 17.0. The smallest absolute Gasteiger partial charge is 0.267 e. The van der Waals surface area contributed by atoms with E-state index in [9.17, 15) is 4.79 Å². The summed E-state index contributed by atoms with van der Waals surface area (Å²) in [5, 5.41) is 5.51. The fourth-order valence-corrected chi connectivity index (χ4v) is 3.15.